The number of anilines is 2. The number of benzene rings is 1. The molecule has 2 amide bonds. The highest BCUT2D eigenvalue weighted by molar-refractivity contribution is 6.34. The van der Waals surface area contributed by atoms with Gasteiger partial charge in [0, 0.05) is 37.2 Å². The molecule has 0 aliphatic carbocycles. The molecule has 0 radical (unpaired) electrons. The van der Waals surface area contributed by atoms with Gasteiger partial charge in [0.05, 0.1) is 34.2 Å². The lowest BCUT2D eigenvalue weighted by Gasteiger charge is -2.38. The maximum atomic E-state index is 13.4. The van der Waals surface area contributed by atoms with Gasteiger partial charge in [-0.15, -0.1) is 0 Å². The number of H-pyrrole nitrogens is 1. The molecule has 0 unspecified atom stereocenters. The van der Waals surface area contributed by atoms with E-state index in [-0.39, 0.29) is 51.7 Å². The van der Waals surface area contributed by atoms with Crippen molar-refractivity contribution < 1.29 is 32.7 Å². The standard InChI is InChI=1S/C23H21ClF3N9O2.CH2O2/c1-11(22(38)35-9-12(28)10-35)32-21(37)14-3-2-13(6-16(14)24)33-19-20-30-8-17(36(20)5-4-29-19)15-7-31-34-18(15)23(25,26)27;2-1-3/h2-8,11-12H,9-10,28H2,1H3,(H,29,33)(H,31,34)(H,32,37);1H,(H,2,3)/t11-;/m1./s1. The SMILES string of the molecule is C[C@@H](NC(=O)c1ccc(Nc2nccn3c(-c4cn[nH]c4C(F)(F)F)cnc23)cc1Cl)C(=O)N1CC(N)C1.O=CO. The third-order valence-corrected chi connectivity index (χ3v) is 6.36. The highest BCUT2D eigenvalue weighted by Gasteiger charge is 2.37. The summed E-state index contributed by atoms with van der Waals surface area (Å²) >= 11 is 6.35. The van der Waals surface area contributed by atoms with Crippen LogP contribution >= 0.6 is 11.6 Å². The zero-order valence-corrected chi connectivity index (χ0v) is 21.9. The number of nitrogens with two attached hydrogens (primary N) is 1. The lowest BCUT2D eigenvalue weighted by molar-refractivity contribution is -0.140. The Morgan fingerprint density at radius 2 is 1.98 bits per heavy atom. The van der Waals surface area contributed by atoms with Gasteiger partial charge in [-0.25, -0.2) is 9.97 Å². The third kappa shape index (κ3) is 6.22. The third-order valence-electron chi connectivity index (χ3n) is 6.04. The highest BCUT2D eigenvalue weighted by Crippen LogP contribution is 2.36. The number of amides is 2. The number of hydrogen-bond donors (Lipinski definition) is 5. The van der Waals surface area contributed by atoms with E-state index in [0.717, 1.165) is 6.20 Å². The number of nitrogens with one attached hydrogen (secondary N) is 3. The number of aromatic amines is 1. The van der Waals surface area contributed by atoms with Gasteiger partial charge in [0.25, 0.3) is 12.4 Å². The second kappa shape index (κ2) is 11.8. The second-order valence-corrected chi connectivity index (χ2v) is 9.30. The molecule has 216 valence electrons. The summed E-state index contributed by atoms with van der Waals surface area (Å²) in [6, 6.07) is 3.75. The second-order valence-electron chi connectivity index (χ2n) is 8.89. The average Bonchev–Trinajstić information content (AvgIpc) is 3.54. The lowest BCUT2D eigenvalue weighted by atomic mass is 10.1. The smallest absolute Gasteiger partial charge is 0.433 e. The van der Waals surface area contributed by atoms with Crippen molar-refractivity contribution in [3.8, 4) is 11.3 Å². The van der Waals surface area contributed by atoms with Gasteiger partial charge >= 0.3 is 6.18 Å². The summed E-state index contributed by atoms with van der Waals surface area (Å²) in [6.07, 6.45) is 0.630. The van der Waals surface area contributed by atoms with Crippen LogP contribution in [0.2, 0.25) is 5.02 Å². The van der Waals surface area contributed by atoms with Gasteiger partial charge in [0.1, 0.15) is 11.7 Å². The van der Waals surface area contributed by atoms with Crippen molar-refractivity contribution in [2.24, 2.45) is 5.73 Å². The van der Waals surface area contributed by atoms with Crippen LogP contribution < -0.4 is 16.4 Å². The molecule has 1 aliphatic rings. The van der Waals surface area contributed by atoms with Gasteiger partial charge in [0.2, 0.25) is 5.91 Å². The van der Waals surface area contributed by atoms with E-state index in [2.05, 4.69) is 25.7 Å². The number of carboxylic acid groups (broad SMARTS) is 1. The number of likely N-dealkylation sites (tertiary alicyclic amines) is 1. The predicted octanol–water partition coefficient (Wildman–Crippen LogP) is 2.52. The largest absolute Gasteiger partial charge is 0.483 e. The molecule has 41 heavy (non-hydrogen) atoms. The van der Waals surface area contributed by atoms with Gasteiger partial charge in [-0.3, -0.25) is 23.9 Å². The number of carbonyl (C=O) groups excluding carboxylic acids is 2. The number of nitrogens with zero attached hydrogens (tertiary/aromatic N) is 5. The van der Waals surface area contributed by atoms with Gasteiger partial charge in [-0.2, -0.15) is 18.3 Å². The fourth-order valence-electron chi connectivity index (χ4n) is 4.12. The van der Waals surface area contributed by atoms with E-state index in [1.54, 1.807) is 17.9 Å². The minimum atomic E-state index is -4.62. The van der Waals surface area contributed by atoms with E-state index in [1.165, 1.54) is 35.1 Å². The Labute approximate surface area is 234 Å². The summed E-state index contributed by atoms with van der Waals surface area (Å²) in [7, 11) is 0. The van der Waals surface area contributed by atoms with Crippen LogP contribution in [0.1, 0.15) is 23.0 Å². The summed E-state index contributed by atoms with van der Waals surface area (Å²) in [4.78, 5) is 43.5. The Morgan fingerprint density at radius 3 is 2.61 bits per heavy atom. The van der Waals surface area contributed by atoms with Crippen LogP contribution in [0, 0.1) is 0 Å². The fourth-order valence-corrected chi connectivity index (χ4v) is 4.39. The van der Waals surface area contributed by atoms with E-state index < -0.39 is 23.8 Å². The number of imidazole rings is 1. The van der Waals surface area contributed by atoms with Gasteiger partial charge in [0.15, 0.2) is 11.5 Å². The maximum Gasteiger partial charge on any atom is 0.433 e. The first-order valence-electron chi connectivity index (χ1n) is 11.9. The Balaban J connectivity index is 0.00000124. The van der Waals surface area contributed by atoms with Crippen molar-refractivity contribution >= 4 is 47.0 Å². The van der Waals surface area contributed by atoms with Crippen LogP contribution in [0.25, 0.3) is 16.9 Å². The van der Waals surface area contributed by atoms with E-state index in [1.807, 2.05) is 5.10 Å². The van der Waals surface area contributed by atoms with Crippen molar-refractivity contribution in [1.29, 1.82) is 0 Å². The topological polar surface area (TPSA) is 184 Å². The van der Waals surface area contributed by atoms with E-state index in [0.29, 0.717) is 18.8 Å². The number of aromatic nitrogens is 5. The van der Waals surface area contributed by atoms with Crippen LogP contribution in [-0.4, -0.2) is 78.0 Å². The molecule has 1 aromatic carbocycles. The molecule has 4 aromatic rings. The van der Waals surface area contributed by atoms with Crippen molar-refractivity contribution in [3.63, 3.8) is 0 Å². The highest BCUT2D eigenvalue weighted by atomic mass is 35.5. The summed E-state index contributed by atoms with van der Waals surface area (Å²) in [5.41, 5.74) is 5.59. The molecule has 3 aromatic heterocycles. The van der Waals surface area contributed by atoms with Crippen LogP contribution in [-0.2, 0) is 15.8 Å². The fraction of sp³-hybridized carbons (Fsp3) is 0.250. The van der Waals surface area contributed by atoms with Crippen LogP contribution in [0.15, 0.2) is 43.0 Å². The zero-order chi connectivity index (χ0) is 29.9. The first-order chi connectivity index (χ1) is 19.4. The Morgan fingerprint density at radius 1 is 1.27 bits per heavy atom. The molecular formula is C24H23ClF3N9O4. The minimum Gasteiger partial charge on any atom is -0.483 e. The number of fused-ring (bicyclic) bond motifs is 1. The van der Waals surface area contributed by atoms with Crippen LogP contribution in [0.3, 0.4) is 0 Å². The number of rotatable bonds is 6. The maximum absolute atomic E-state index is 13.4. The van der Waals surface area contributed by atoms with Gasteiger partial charge in [-0.05, 0) is 25.1 Å². The molecule has 13 nitrogen and oxygen atoms in total. The summed E-state index contributed by atoms with van der Waals surface area (Å²) in [5.74, 6) is -0.507. The van der Waals surface area contributed by atoms with Crippen LogP contribution in [0.4, 0.5) is 24.7 Å². The van der Waals surface area contributed by atoms with Gasteiger partial charge < -0.3 is 26.4 Å². The Hall–Kier alpha value is -4.70. The Bertz CT molecular complexity index is 1580. The van der Waals surface area contributed by atoms with E-state index in [4.69, 9.17) is 27.2 Å². The van der Waals surface area contributed by atoms with E-state index in [9.17, 15) is 22.8 Å². The summed E-state index contributed by atoms with van der Waals surface area (Å²) < 4.78 is 41.5. The molecule has 6 N–H and O–H groups in total. The molecule has 4 heterocycles. The molecule has 17 heteroatoms. The number of alkyl halides is 3. The van der Waals surface area contributed by atoms with Crippen molar-refractivity contribution in [2.45, 2.75) is 25.2 Å². The quantitative estimate of drug-likeness (QED) is 0.210. The molecule has 0 bridgehead atoms. The van der Waals surface area contributed by atoms with Crippen molar-refractivity contribution in [2.75, 3.05) is 18.4 Å². The molecule has 1 atom stereocenters. The van der Waals surface area contributed by atoms with Gasteiger partial charge in [-0.1, -0.05) is 11.6 Å². The molecule has 0 saturated carbocycles. The summed E-state index contributed by atoms with van der Waals surface area (Å²) in [6.45, 7) is 2.23. The normalized spacial score (nSPS) is 14.0. The lowest BCUT2D eigenvalue weighted by Crippen LogP contribution is -2.61. The molecule has 1 fully saturated rings. The monoisotopic (exact) mass is 593 g/mol. The average molecular weight is 594 g/mol. The molecular weight excluding hydrogens is 571 g/mol. The number of hydrogen-bond acceptors (Lipinski definition) is 8. The first kappa shape index (κ1) is 29.3. The first-order valence-corrected chi connectivity index (χ1v) is 12.2. The van der Waals surface area contributed by atoms with E-state index >= 15 is 0 Å². The molecule has 1 saturated heterocycles. The minimum absolute atomic E-state index is 0.0479. The molecule has 1 aliphatic heterocycles. The molecule has 0 spiro atoms. The summed E-state index contributed by atoms with van der Waals surface area (Å²) in [5, 5.41) is 18.2. The molecule has 5 rings (SSSR count). The zero-order valence-electron chi connectivity index (χ0n) is 21.2. The number of carbonyl (C=O) groups is 3. The Kier molecular flexibility index (Phi) is 8.44. The predicted molar refractivity (Wildman–Crippen MR) is 140 cm³/mol. The van der Waals surface area contributed by atoms with Crippen molar-refractivity contribution in [1.82, 2.24) is 34.8 Å². The number of halogens is 4. The van der Waals surface area contributed by atoms with Crippen molar-refractivity contribution in [3.05, 3.63) is 59.3 Å². The van der Waals surface area contributed by atoms with Crippen LogP contribution in [0.5, 0.6) is 0 Å².